The van der Waals surface area contributed by atoms with Crippen molar-refractivity contribution >= 4 is 18.5 Å². The molecule has 0 bridgehead atoms. The van der Waals surface area contributed by atoms with E-state index in [1.165, 1.54) is 5.69 Å². The van der Waals surface area contributed by atoms with Gasteiger partial charge >= 0.3 is 6.09 Å². The highest BCUT2D eigenvalue weighted by molar-refractivity contribution is 5.85. The first kappa shape index (κ1) is 18.1. The first-order chi connectivity index (χ1) is 10.3. The number of carbonyl (C=O) groups is 1. The minimum atomic E-state index is -0.469. The van der Waals surface area contributed by atoms with E-state index in [1.54, 1.807) is 0 Å². The molecule has 1 aromatic rings. The lowest BCUT2D eigenvalue weighted by Crippen LogP contribution is -2.38. The monoisotopic (exact) mass is 342 g/mol. The van der Waals surface area contributed by atoms with Gasteiger partial charge in [-0.3, -0.25) is 4.90 Å². The summed E-state index contributed by atoms with van der Waals surface area (Å²) in [6, 6.07) is 0.250. The second kappa shape index (κ2) is 6.69. The number of fused-ring (bicyclic) bond motifs is 1. The van der Waals surface area contributed by atoms with Gasteiger partial charge < -0.3 is 15.0 Å². The third-order valence-corrected chi connectivity index (χ3v) is 4.34. The van der Waals surface area contributed by atoms with Crippen molar-refractivity contribution in [3.8, 4) is 0 Å². The molecule has 1 amide bonds. The predicted molar refractivity (Wildman–Crippen MR) is 90.7 cm³/mol. The van der Waals surface area contributed by atoms with Crippen molar-refractivity contribution in [1.82, 2.24) is 14.5 Å². The molecule has 0 aromatic carbocycles. The predicted octanol–water partition coefficient (Wildman–Crippen LogP) is 2.65. The number of amides is 1. The van der Waals surface area contributed by atoms with Crippen LogP contribution in [0.5, 0.6) is 0 Å². The van der Waals surface area contributed by atoms with Crippen LogP contribution >= 0.6 is 12.4 Å². The van der Waals surface area contributed by atoms with Crippen LogP contribution < -0.4 is 5.73 Å². The summed E-state index contributed by atoms with van der Waals surface area (Å²) < 4.78 is 7.79. The SMILES string of the molecule is CC(C)(C)OC(=O)N1CCCC1c1ncc2n1CCC(N)C2.Cl. The van der Waals surface area contributed by atoms with Crippen molar-refractivity contribution in [2.45, 2.75) is 70.7 Å². The molecule has 2 unspecified atom stereocenters. The molecule has 0 spiro atoms. The van der Waals surface area contributed by atoms with E-state index >= 15 is 0 Å². The van der Waals surface area contributed by atoms with Gasteiger partial charge in [-0.1, -0.05) is 0 Å². The van der Waals surface area contributed by atoms with Gasteiger partial charge in [-0.2, -0.15) is 0 Å². The third kappa shape index (κ3) is 3.80. The van der Waals surface area contributed by atoms with Gasteiger partial charge in [0.1, 0.15) is 11.4 Å². The van der Waals surface area contributed by atoms with Gasteiger partial charge in [0.25, 0.3) is 0 Å². The Balaban J connectivity index is 0.00000192. The summed E-state index contributed by atoms with van der Waals surface area (Å²) in [5.41, 5.74) is 6.75. The number of rotatable bonds is 1. The van der Waals surface area contributed by atoms with Gasteiger partial charge in [0.05, 0.1) is 6.04 Å². The van der Waals surface area contributed by atoms with Crippen molar-refractivity contribution in [1.29, 1.82) is 0 Å². The Morgan fingerprint density at radius 1 is 1.35 bits per heavy atom. The van der Waals surface area contributed by atoms with Gasteiger partial charge in [-0.25, -0.2) is 9.78 Å². The van der Waals surface area contributed by atoms with E-state index in [0.29, 0.717) is 0 Å². The molecule has 23 heavy (non-hydrogen) atoms. The highest BCUT2D eigenvalue weighted by atomic mass is 35.5. The van der Waals surface area contributed by atoms with Crippen molar-refractivity contribution in [3.05, 3.63) is 17.7 Å². The Labute approximate surface area is 143 Å². The highest BCUT2D eigenvalue weighted by Crippen LogP contribution is 2.34. The van der Waals surface area contributed by atoms with Crippen molar-refractivity contribution in [3.63, 3.8) is 0 Å². The van der Waals surface area contributed by atoms with Crippen molar-refractivity contribution < 1.29 is 9.53 Å². The summed E-state index contributed by atoms with van der Waals surface area (Å²) >= 11 is 0. The van der Waals surface area contributed by atoms with Crippen molar-refractivity contribution in [2.24, 2.45) is 5.73 Å². The van der Waals surface area contributed by atoms with Crippen LogP contribution in [0.15, 0.2) is 6.20 Å². The van der Waals surface area contributed by atoms with E-state index in [1.807, 2.05) is 31.9 Å². The molecule has 1 aromatic heterocycles. The van der Waals surface area contributed by atoms with E-state index in [2.05, 4.69) is 9.55 Å². The van der Waals surface area contributed by atoms with Crippen LogP contribution in [0.4, 0.5) is 4.79 Å². The van der Waals surface area contributed by atoms with Crippen LogP contribution in [0.25, 0.3) is 0 Å². The number of imidazole rings is 1. The quantitative estimate of drug-likeness (QED) is 0.851. The maximum atomic E-state index is 12.4. The molecule has 0 saturated carbocycles. The molecule has 2 aliphatic heterocycles. The first-order valence-corrected chi connectivity index (χ1v) is 8.14. The van der Waals surface area contributed by atoms with Gasteiger partial charge in [0, 0.05) is 37.4 Å². The highest BCUT2D eigenvalue weighted by Gasteiger charge is 2.36. The zero-order chi connectivity index (χ0) is 15.9. The summed E-state index contributed by atoms with van der Waals surface area (Å²) in [7, 11) is 0. The van der Waals surface area contributed by atoms with E-state index in [0.717, 1.165) is 44.6 Å². The molecule has 0 aliphatic carbocycles. The fraction of sp³-hybridized carbons (Fsp3) is 0.750. The molecule has 6 nitrogen and oxygen atoms in total. The summed E-state index contributed by atoms with van der Waals surface area (Å²) in [6.45, 7) is 7.32. The zero-order valence-corrected chi connectivity index (χ0v) is 14.9. The number of nitrogens with two attached hydrogens (primary N) is 1. The fourth-order valence-electron chi connectivity index (χ4n) is 3.35. The number of carbonyl (C=O) groups excluding carboxylic acids is 1. The van der Waals surface area contributed by atoms with Crippen LogP contribution in [-0.4, -0.2) is 38.7 Å². The molecule has 1 fully saturated rings. The number of ether oxygens (including phenoxy) is 1. The van der Waals surface area contributed by atoms with E-state index in [9.17, 15) is 4.79 Å². The van der Waals surface area contributed by atoms with Crippen LogP contribution in [0, 0.1) is 0 Å². The Kier molecular flexibility index (Phi) is 5.26. The second-order valence-electron chi connectivity index (χ2n) is 7.34. The molecule has 0 radical (unpaired) electrons. The third-order valence-electron chi connectivity index (χ3n) is 4.34. The van der Waals surface area contributed by atoms with Gasteiger partial charge in [0.2, 0.25) is 0 Å². The minimum Gasteiger partial charge on any atom is -0.444 e. The molecule has 2 aliphatic rings. The van der Waals surface area contributed by atoms with Crippen LogP contribution in [0.3, 0.4) is 0 Å². The lowest BCUT2D eigenvalue weighted by Gasteiger charge is -2.30. The average molecular weight is 343 g/mol. The smallest absolute Gasteiger partial charge is 0.410 e. The maximum Gasteiger partial charge on any atom is 0.410 e. The van der Waals surface area contributed by atoms with Gasteiger partial charge in [0.15, 0.2) is 0 Å². The average Bonchev–Trinajstić information content (AvgIpc) is 3.00. The molecule has 7 heteroatoms. The van der Waals surface area contributed by atoms with Gasteiger partial charge in [-0.05, 0) is 40.0 Å². The topological polar surface area (TPSA) is 73.4 Å². The van der Waals surface area contributed by atoms with Gasteiger partial charge in [-0.15, -0.1) is 12.4 Å². The minimum absolute atomic E-state index is 0. The Hall–Kier alpha value is -1.27. The number of hydrogen-bond acceptors (Lipinski definition) is 4. The van der Waals surface area contributed by atoms with Crippen molar-refractivity contribution in [2.75, 3.05) is 6.54 Å². The van der Waals surface area contributed by atoms with E-state index in [-0.39, 0.29) is 30.6 Å². The Morgan fingerprint density at radius 2 is 2.09 bits per heavy atom. The summed E-state index contributed by atoms with van der Waals surface area (Å²) in [4.78, 5) is 18.9. The Morgan fingerprint density at radius 3 is 2.78 bits per heavy atom. The van der Waals surface area contributed by atoms with E-state index in [4.69, 9.17) is 10.5 Å². The summed E-state index contributed by atoms with van der Waals surface area (Å²) in [5, 5.41) is 0. The number of nitrogens with zero attached hydrogens (tertiary/aromatic N) is 3. The molecule has 2 N–H and O–H groups in total. The number of halogens is 1. The van der Waals surface area contributed by atoms with Crippen LogP contribution in [-0.2, 0) is 17.7 Å². The molecular formula is C16H27ClN4O2. The lowest BCUT2D eigenvalue weighted by molar-refractivity contribution is 0.0215. The second-order valence-corrected chi connectivity index (χ2v) is 7.34. The molecule has 3 rings (SSSR count). The van der Waals surface area contributed by atoms with Crippen LogP contribution in [0.1, 0.15) is 57.6 Å². The largest absolute Gasteiger partial charge is 0.444 e. The summed E-state index contributed by atoms with van der Waals surface area (Å²) in [5.74, 6) is 0.991. The number of aromatic nitrogens is 2. The molecule has 2 atom stereocenters. The normalized spacial score (nSPS) is 24.1. The standard InChI is InChI=1S/C16H26N4O2.ClH/c1-16(2,3)22-15(21)20-7-4-5-13(20)14-18-10-12-9-11(17)6-8-19(12)14;/h10-11,13H,4-9,17H2,1-3H3;1H. The molecular weight excluding hydrogens is 316 g/mol. The first-order valence-electron chi connectivity index (χ1n) is 8.14. The zero-order valence-electron chi connectivity index (χ0n) is 14.1. The van der Waals surface area contributed by atoms with E-state index < -0.39 is 5.60 Å². The fourth-order valence-corrected chi connectivity index (χ4v) is 3.35. The number of likely N-dealkylation sites (tertiary alicyclic amines) is 1. The Bertz CT molecular complexity index is 567. The lowest BCUT2D eigenvalue weighted by atomic mass is 10.1. The molecule has 130 valence electrons. The maximum absolute atomic E-state index is 12.4. The summed E-state index contributed by atoms with van der Waals surface area (Å²) in [6.07, 6.45) is 5.45. The number of hydrogen-bond donors (Lipinski definition) is 1. The molecule has 1 saturated heterocycles. The molecule has 3 heterocycles. The van der Waals surface area contributed by atoms with Crippen LogP contribution in [0.2, 0.25) is 0 Å².